The molecule has 3 aromatic carbocycles. The number of amides is 3. The maximum Gasteiger partial charge on any atom is 0.255 e. The first-order chi connectivity index (χ1) is 20.8. The zero-order valence-electron chi connectivity index (χ0n) is 23.3. The summed E-state index contributed by atoms with van der Waals surface area (Å²) in [6, 6.07) is 14.9. The van der Waals surface area contributed by atoms with Crippen molar-refractivity contribution in [1.29, 1.82) is 0 Å². The van der Waals surface area contributed by atoms with Gasteiger partial charge in [-0.15, -0.1) is 0 Å². The van der Waals surface area contributed by atoms with Crippen LogP contribution in [0.5, 0.6) is 5.75 Å². The number of piperazine rings is 1. The third-order valence-corrected chi connectivity index (χ3v) is 8.52. The lowest BCUT2D eigenvalue weighted by Crippen LogP contribution is -2.52. The van der Waals surface area contributed by atoms with E-state index in [4.69, 9.17) is 22.9 Å². The predicted octanol–water partition coefficient (Wildman–Crippen LogP) is 4.69. The Labute approximate surface area is 253 Å². The summed E-state index contributed by atoms with van der Waals surface area (Å²) in [5.41, 5.74) is 3.79. The fourth-order valence-corrected chi connectivity index (χ4v) is 6.18. The van der Waals surface area contributed by atoms with Gasteiger partial charge in [0, 0.05) is 55.8 Å². The maximum absolute atomic E-state index is 15.1. The smallest absolute Gasteiger partial charge is 0.255 e. The third-order valence-electron chi connectivity index (χ3n) is 8.22. The highest BCUT2D eigenvalue weighted by molar-refractivity contribution is 6.33. The Morgan fingerprint density at radius 2 is 1.86 bits per heavy atom. The fourth-order valence-electron chi connectivity index (χ4n) is 5.88. The summed E-state index contributed by atoms with van der Waals surface area (Å²) >= 11 is 6.39. The summed E-state index contributed by atoms with van der Waals surface area (Å²) in [7, 11) is 0. The first kappa shape index (κ1) is 28.6. The number of hydrogen-bond donors (Lipinski definition) is 1. The van der Waals surface area contributed by atoms with E-state index < -0.39 is 11.9 Å². The van der Waals surface area contributed by atoms with Gasteiger partial charge in [0.2, 0.25) is 11.8 Å². The summed E-state index contributed by atoms with van der Waals surface area (Å²) < 4.78 is 21.1. The second-order valence-corrected chi connectivity index (χ2v) is 11.3. The Morgan fingerprint density at radius 1 is 1.05 bits per heavy atom. The van der Waals surface area contributed by atoms with Gasteiger partial charge in [0.15, 0.2) is 5.69 Å². The molecule has 0 aliphatic carbocycles. The van der Waals surface area contributed by atoms with Crippen molar-refractivity contribution in [2.24, 2.45) is 0 Å². The standard InChI is InChI=1S/C32H29ClFN5O4/c1-35-22-7-8-27(25(33)16-22)38-13-11-37(12-14-38)17-20-5-6-21(26(34)15-20)19-43-29-4-2-3-23-24(29)18-39(32(23)42)28-9-10-30(40)36-31(28)41/h2-8,15-16,28H,9-14,17-19H2,(H,36,40,41)/t28-/m0/s1. The van der Waals surface area contributed by atoms with Crippen molar-refractivity contribution in [3.8, 4) is 5.75 Å². The number of rotatable bonds is 7. The van der Waals surface area contributed by atoms with Gasteiger partial charge in [0.25, 0.3) is 5.91 Å². The SMILES string of the molecule is [C-]#[N+]c1ccc(N2CCN(Cc3ccc(COc4cccc5c4CN([C@H]4CCC(=O)NC4=O)C5=O)c(F)c3)CC2)c(Cl)c1. The van der Waals surface area contributed by atoms with Gasteiger partial charge in [-0.3, -0.25) is 24.6 Å². The van der Waals surface area contributed by atoms with Gasteiger partial charge in [-0.1, -0.05) is 35.9 Å². The van der Waals surface area contributed by atoms with Crippen molar-refractivity contribution in [2.75, 3.05) is 31.1 Å². The van der Waals surface area contributed by atoms with Gasteiger partial charge in [-0.2, -0.15) is 0 Å². The van der Waals surface area contributed by atoms with Crippen molar-refractivity contribution in [3.63, 3.8) is 0 Å². The molecule has 11 heteroatoms. The number of imide groups is 1. The lowest BCUT2D eigenvalue weighted by atomic mass is 10.0. The van der Waals surface area contributed by atoms with E-state index in [0.717, 1.165) is 37.4 Å². The molecule has 0 spiro atoms. The van der Waals surface area contributed by atoms with Gasteiger partial charge >= 0.3 is 0 Å². The molecule has 1 atom stereocenters. The Morgan fingerprint density at radius 3 is 2.58 bits per heavy atom. The second kappa shape index (κ2) is 12.0. The number of ether oxygens (including phenoxy) is 1. The van der Waals surface area contributed by atoms with Gasteiger partial charge in [-0.05, 0) is 42.3 Å². The zero-order chi connectivity index (χ0) is 30.1. The number of carbonyl (C=O) groups is 3. The van der Waals surface area contributed by atoms with Gasteiger partial charge in [0.1, 0.15) is 24.2 Å². The van der Waals surface area contributed by atoms with Crippen LogP contribution in [0.3, 0.4) is 0 Å². The lowest BCUT2D eigenvalue weighted by Gasteiger charge is -2.36. The molecule has 2 fully saturated rings. The Kier molecular flexibility index (Phi) is 8.02. The van der Waals surface area contributed by atoms with Crippen molar-refractivity contribution >= 4 is 40.7 Å². The summed E-state index contributed by atoms with van der Waals surface area (Å²) in [6.07, 6.45) is 0.458. The highest BCUT2D eigenvalue weighted by atomic mass is 35.5. The van der Waals surface area contributed by atoms with Crippen LogP contribution in [0.2, 0.25) is 5.02 Å². The minimum Gasteiger partial charge on any atom is -0.488 e. The molecule has 3 amide bonds. The Bertz CT molecular complexity index is 1650. The quantitative estimate of drug-likeness (QED) is 0.312. The van der Waals surface area contributed by atoms with E-state index in [-0.39, 0.29) is 43.6 Å². The molecule has 3 aliphatic heterocycles. The van der Waals surface area contributed by atoms with Crippen LogP contribution >= 0.6 is 11.6 Å². The molecule has 0 saturated carbocycles. The molecule has 43 heavy (non-hydrogen) atoms. The summed E-state index contributed by atoms with van der Waals surface area (Å²) in [5.74, 6) is -0.994. The third kappa shape index (κ3) is 5.91. The minimum atomic E-state index is -0.715. The van der Waals surface area contributed by atoms with E-state index in [9.17, 15) is 14.4 Å². The number of fused-ring (bicyclic) bond motifs is 1. The molecule has 3 heterocycles. The molecule has 6 rings (SSSR count). The predicted molar refractivity (Wildman–Crippen MR) is 158 cm³/mol. The number of anilines is 1. The van der Waals surface area contributed by atoms with Gasteiger partial charge in [-0.25, -0.2) is 9.24 Å². The first-order valence-corrected chi connectivity index (χ1v) is 14.5. The second-order valence-electron chi connectivity index (χ2n) is 10.9. The first-order valence-electron chi connectivity index (χ1n) is 14.1. The fraction of sp³-hybridized carbons (Fsp3) is 0.312. The topological polar surface area (TPSA) is 86.6 Å². The van der Waals surface area contributed by atoms with Gasteiger partial charge in [0.05, 0.1) is 23.8 Å². The molecular formula is C32H29ClFN5O4. The molecule has 0 radical (unpaired) electrons. The van der Waals surface area contributed by atoms with Crippen LogP contribution in [0.25, 0.3) is 4.85 Å². The highest BCUT2D eigenvalue weighted by Gasteiger charge is 2.40. The van der Waals surface area contributed by atoms with Crippen LogP contribution in [-0.2, 0) is 29.3 Å². The van der Waals surface area contributed by atoms with Crippen molar-refractivity contribution in [1.82, 2.24) is 15.1 Å². The molecule has 1 N–H and O–H groups in total. The average Bonchev–Trinajstić information content (AvgIpc) is 3.33. The summed E-state index contributed by atoms with van der Waals surface area (Å²) in [6.45, 7) is 11.1. The van der Waals surface area contributed by atoms with Crippen LogP contribution in [0.15, 0.2) is 54.6 Å². The normalized spacial score (nSPS) is 18.8. The van der Waals surface area contributed by atoms with Crippen molar-refractivity contribution in [2.45, 2.75) is 38.6 Å². The Balaban J connectivity index is 1.05. The minimum absolute atomic E-state index is 0.0130. The average molecular weight is 602 g/mol. The molecule has 9 nitrogen and oxygen atoms in total. The van der Waals surface area contributed by atoms with E-state index in [2.05, 4.69) is 20.0 Å². The summed E-state index contributed by atoms with van der Waals surface area (Å²) in [5, 5.41) is 2.87. The van der Waals surface area contributed by atoms with Gasteiger partial charge < -0.3 is 14.5 Å². The van der Waals surface area contributed by atoms with E-state index in [1.807, 2.05) is 12.1 Å². The van der Waals surface area contributed by atoms with E-state index >= 15 is 4.39 Å². The van der Waals surface area contributed by atoms with Crippen LogP contribution in [-0.4, -0.2) is 59.7 Å². The molecule has 220 valence electrons. The number of nitrogens with zero attached hydrogens (tertiary/aromatic N) is 4. The zero-order valence-corrected chi connectivity index (χ0v) is 24.1. The maximum atomic E-state index is 15.1. The van der Waals surface area contributed by atoms with E-state index in [0.29, 0.717) is 39.7 Å². The largest absolute Gasteiger partial charge is 0.488 e. The number of benzene rings is 3. The highest BCUT2D eigenvalue weighted by Crippen LogP contribution is 2.34. The molecule has 0 unspecified atom stereocenters. The van der Waals surface area contributed by atoms with E-state index in [1.54, 1.807) is 36.4 Å². The molecule has 3 aromatic rings. The number of piperidine rings is 1. The van der Waals surface area contributed by atoms with Crippen molar-refractivity contribution < 1.29 is 23.5 Å². The Hall–Kier alpha value is -4.46. The van der Waals surface area contributed by atoms with Crippen LogP contribution in [0.4, 0.5) is 15.8 Å². The molecule has 0 bridgehead atoms. The molecular weight excluding hydrogens is 573 g/mol. The number of carbonyl (C=O) groups excluding carboxylic acids is 3. The van der Waals surface area contributed by atoms with Crippen LogP contribution < -0.4 is 15.0 Å². The monoisotopic (exact) mass is 601 g/mol. The molecule has 3 aliphatic rings. The summed E-state index contributed by atoms with van der Waals surface area (Å²) in [4.78, 5) is 46.3. The number of halogens is 2. The molecule has 2 saturated heterocycles. The van der Waals surface area contributed by atoms with E-state index in [1.165, 1.54) is 11.0 Å². The van der Waals surface area contributed by atoms with Crippen LogP contribution in [0, 0.1) is 12.4 Å². The van der Waals surface area contributed by atoms with Crippen molar-refractivity contribution in [3.05, 3.63) is 99.1 Å². The number of hydrogen-bond acceptors (Lipinski definition) is 6. The number of nitrogens with one attached hydrogen (secondary N) is 1. The molecule has 0 aromatic heterocycles. The van der Waals surface area contributed by atoms with Crippen LogP contribution in [0.1, 0.15) is 39.9 Å². The lowest BCUT2D eigenvalue weighted by molar-refractivity contribution is -0.136.